The monoisotopic (exact) mass is 346 g/mol. The molecule has 22 heavy (non-hydrogen) atoms. The van der Waals surface area contributed by atoms with Crippen LogP contribution < -0.4 is 0 Å². The third-order valence-corrected chi connectivity index (χ3v) is 3.05. The summed E-state index contributed by atoms with van der Waals surface area (Å²) in [5, 5.41) is 0. The highest BCUT2D eigenvalue weighted by Crippen LogP contribution is 2.46. The minimum absolute atomic E-state index is 0.327. The van der Waals surface area contributed by atoms with E-state index in [2.05, 4.69) is 0 Å². The van der Waals surface area contributed by atoms with Gasteiger partial charge in [0.2, 0.25) is 0 Å². The first-order valence-electron chi connectivity index (χ1n) is 6.45. The van der Waals surface area contributed by atoms with E-state index >= 15 is 0 Å². The van der Waals surface area contributed by atoms with Crippen molar-refractivity contribution in [3.63, 3.8) is 0 Å². The first-order chi connectivity index (χ1) is 9.85. The lowest BCUT2D eigenvalue weighted by molar-refractivity contribution is -0.323. The summed E-state index contributed by atoms with van der Waals surface area (Å²) in [6.45, 7) is 2.68. The number of rotatable bonds is 10. The predicted molar refractivity (Wildman–Crippen MR) is 61.7 cm³/mol. The minimum Gasteiger partial charge on any atom is -0.350 e. The normalized spacial score (nSPS) is 15.7. The number of halogens is 8. The molecule has 0 saturated heterocycles. The second-order valence-electron chi connectivity index (χ2n) is 4.68. The van der Waals surface area contributed by atoms with Crippen LogP contribution in [0, 0.1) is 5.92 Å². The summed E-state index contributed by atoms with van der Waals surface area (Å²) < 4.78 is 113. The van der Waals surface area contributed by atoms with Gasteiger partial charge in [0.25, 0.3) is 0 Å². The maximum atomic E-state index is 13.7. The molecule has 0 amide bonds. The predicted octanol–water partition coefficient (Wildman–Crippen LogP) is 4.58. The van der Waals surface area contributed by atoms with Gasteiger partial charge in [0.1, 0.15) is 0 Å². The highest BCUT2D eigenvalue weighted by molar-refractivity contribution is 4.93. The molecule has 0 rings (SSSR count). The second-order valence-corrected chi connectivity index (χ2v) is 4.68. The lowest BCUT2D eigenvalue weighted by Crippen LogP contribution is -2.55. The van der Waals surface area contributed by atoms with E-state index in [0.717, 1.165) is 6.92 Å². The van der Waals surface area contributed by atoms with Gasteiger partial charge in [-0.3, -0.25) is 0 Å². The molecule has 1 atom stereocenters. The van der Waals surface area contributed by atoms with Crippen molar-refractivity contribution in [2.75, 3.05) is 13.2 Å². The van der Waals surface area contributed by atoms with Gasteiger partial charge in [0, 0.05) is 19.6 Å². The Kier molecular flexibility index (Phi) is 7.53. The van der Waals surface area contributed by atoms with E-state index in [1.54, 1.807) is 0 Å². The van der Waals surface area contributed by atoms with Gasteiger partial charge >= 0.3 is 24.7 Å². The average Bonchev–Trinajstić information content (AvgIpc) is 2.35. The molecule has 0 aromatic carbocycles. The van der Waals surface area contributed by atoms with Crippen molar-refractivity contribution in [1.82, 2.24) is 0 Å². The largest absolute Gasteiger partial charge is 0.350 e. The standard InChI is InChI=1S/C12H18F8O2/c1-4-21-10(3,22-5-2)7(12(19,20)9(15)16)6-11(17,18)8(13)14/h7-9H,4-6H2,1-3H3. The number of ether oxygens (including phenoxy) is 2. The lowest BCUT2D eigenvalue weighted by Gasteiger charge is -2.41. The number of alkyl halides is 8. The molecule has 2 nitrogen and oxygen atoms in total. The maximum absolute atomic E-state index is 13.7. The number of hydrogen-bond donors (Lipinski definition) is 0. The number of hydrogen-bond acceptors (Lipinski definition) is 2. The Morgan fingerprint density at radius 1 is 0.818 bits per heavy atom. The van der Waals surface area contributed by atoms with Crippen LogP contribution in [0.2, 0.25) is 0 Å². The Balaban J connectivity index is 5.78. The van der Waals surface area contributed by atoms with Crippen LogP contribution >= 0.6 is 0 Å². The van der Waals surface area contributed by atoms with Gasteiger partial charge in [-0.15, -0.1) is 0 Å². The van der Waals surface area contributed by atoms with Gasteiger partial charge in [-0.2, -0.15) is 8.78 Å². The van der Waals surface area contributed by atoms with Crippen molar-refractivity contribution in [3.05, 3.63) is 0 Å². The maximum Gasteiger partial charge on any atom is 0.315 e. The summed E-state index contributed by atoms with van der Waals surface area (Å²) in [7, 11) is 0. The summed E-state index contributed by atoms with van der Waals surface area (Å²) in [5.74, 6) is -15.4. The van der Waals surface area contributed by atoms with E-state index in [9.17, 15) is 35.1 Å². The molecule has 0 aromatic heterocycles. The van der Waals surface area contributed by atoms with E-state index in [0.29, 0.717) is 0 Å². The summed E-state index contributed by atoms with van der Waals surface area (Å²) in [5.41, 5.74) is 0. The van der Waals surface area contributed by atoms with E-state index in [-0.39, 0.29) is 13.2 Å². The highest BCUT2D eigenvalue weighted by atomic mass is 19.3. The fourth-order valence-electron chi connectivity index (χ4n) is 2.00. The summed E-state index contributed by atoms with van der Waals surface area (Å²) in [6, 6.07) is 0. The smallest absolute Gasteiger partial charge is 0.315 e. The van der Waals surface area contributed by atoms with Crippen LogP contribution in [0.15, 0.2) is 0 Å². The van der Waals surface area contributed by atoms with Gasteiger partial charge in [-0.1, -0.05) is 0 Å². The van der Waals surface area contributed by atoms with E-state index in [1.165, 1.54) is 13.8 Å². The van der Waals surface area contributed by atoms with E-state index in [4.69, 9.17) is 9.47 Å². The molecule has 1 unspecified atom stereocenters. The Labute approximate surface area is 122 Å². The van der Waals surface area contributed by atoms with Gasteiger partial charge in [0.15, 0.2) is 5.79 Å². The Bertz CT molecular complexity index is 329. The molecular formula is C12H18F8O2. The van der Waals surface area contributed by atoms with Crippen molar-refractivity contribution < 1.29 is 44.6 Å². The molecule has 0 spiro atoms. The highest BCUT2D eigenvalue weighted by Gasteiger charge is 2.61. The van der Waals surface area contributed by atoms with Crippen molar-refractivity contribution in [2.24, 2.45) is 5.92 Å². The molecule has 10 heteroatoms. The molecule has 0 N–H and O–H groups in total. The summed E-state index contributed by atoms with van der Waals surface area (Å²) in [4.78, 5) is 0. The molecule has 0 bridgehead atoms. The van der Waals surface area contributed by atoms with E-state index < -0.39 is 42.8 Å². The second kappa shape index (κ2) is 7.76. The zero-order valence-corrected chi connectivity index (χ0v) is 12.2. The molecule has 0 radical (unpaired) electrons. The van der Waals surface area contributed by atoms with Crippen molar-refractivity contribution in [2.45, 2.75) is 57.7 Å². The fourth-order valence-corrected chi connectivity index (χ4v) is 2.00. The first-order valence-corrected chi connectivity index (χ1v) is 6.45. The first kappa shape index (κ1) is 21.4. The van der Waals surface area contributed by atoms with Crippen LogP contribution in [0.3, 0.4) is 0 Å². The molecule has 134 valence electrons. The lowest BCUT2D eigenvalue weighted by atomic mass is 9.86. The van der Waals surface area contributed by atoms with Gasteiger partial charge < -0.3 is 9.47 Å². The Hall–Kier alpha value is -0.640. The van der Waals surface area contributed by atoms with Crippen molar-refractivity contribution in [1.29, 1.82) is 0 Å². The third kappa shape index (κ3) is 4.94. The van der Waals surface area contributed by atoms with Crippen molar-refractivity contribution in [3.8, 4) is 0 Å². The zero-order chi connectivity index (χ0) is 17.8. The molecule has 0 saturated carbocycles. The van der Waals surface area contributed by atoms with Crippen molar-refractivity contribution >= 4 is 0 Å². The van der Waals surface area contributed by atoms with Crippen LogP contribution in [0.5, 0.6) is 0 Å². The van der Waals surface area contributed by atoms with Crippen LogP contribution in [-0.2, 0) is 9.47 Å². The van der Waals surface area contributed by atoms with Gasteiger partial charge in [-0.05, 0) is 20.8 Å². The van der Waals surface area contributed by atoms with Crippen LogP contribution in [0.4, 0.5) is 35.1 Å². The third-order valence-electron chi connectivity index (χ3n) is 3.05. The average molecular weight is 346 g/mol. The van der Waals surface area contributed by atoms with Crippen LogP contribution in [0.1, 0.15) is 27.2 Å². The zero-order valence-electron chi connectivity index (χ0n) is 12.2. The summed E-state index contributed by atoms with van der Waals surface area (Å²) >= 11 is 0. The Morgan fingerprint density at radius 3 is 1.50 bits per heavy atom. The van der Waals surface area contributed by atoms with Gasteiger partial charge in [-0.25, -0.2) is 26.3 Å². The molecule has 0 fully saturated rings. The molecule has 0 aliphatic heterocycles. The molecule has 0 heterocycles. The minimum atomic E-state index is -5.00. The molecular weight excluding hydrogens is 328 g/mol. The quantitative estimate of drug-likeness (QED) is 0.426. The SMILES string of the molecule is CCOC(C)(OCC)C(CC(F)(F)C(F)F)C(F)(F)C(F)F. The molecule has 0 aromatic rings. The van der Waals surface area contributed by atoms with Crippen LogP contribution in [-0.4, -0.2) is 43.7 Å². The molecule has 0 aliphatic carbocycles. The van der Waals surface area contributed by atoms with E-state index in [1.807, 2.05) is 0 Å². The Morgan fingerprint density at radius 2 is 1.23 bits per heavy atom. The van der Waals surface area contributed by atoms with Gasteiger partial charge in [0.05, 0.1) is 5.92 Å². The molecule has 0 aliphatic rings. The summed E-state index contributed by atoms with van der Waals surface area (Å²) in [6.07, 6.45) is -10.8. The van der Waals surface area contributed by atoms with Crippen LogP contribution in [0.25, 0.3) is 0 Å². The topological polar surface area (TPSA) is 18.5 Å². The fraction of sp³-hybridized carbons (Fsp3) is 1.00.